The van der Waals surface area contributed by atoms with Crippen molar-refractivity contribution in [1.82, 2.24) is 19.0 Å². The lowest BCUT2D eigenvalue weighted by molar-refractivity contribution is 0.0288. The lowest BCUT2D eigenvalue weighted by atomic mass is 10.2. The fraction of sp³-hybridized carbons (Fsp3) is 0.500. The lowest BCUT2D eigenvalue weighted by Gasteiger charge is -2.24. The van der Waals surface area contributed by atoms with E-state index in [-0.39, 0.29) is 11.7 Å². The van der Waals surface area contributed by atoms with Crippen molar-refractivity contribution in [2.24, 2.45) is 0 Å². The molecule has 2 aromatic heterocycles. The molecule has 0 aliphatic carbocycles. The van der Waals surface area contributed by atoms with Gasteiger partial charge in [0.1, 0.15) is 11.2 Å². The quantitative estimate of drug-likeness (QED) is 0.544. The first-order chi connectivity index (χ1) is 15.3. The number of carbonyl (C=O) groups is 2. The minimum Gasteiger partial charge on any atom is -0.444 e. The second kappa shape index (κ2) is 7.90. The molecule has 9 nitrogen and oxygen atoms in total. The Morgan fingerprint density at radius 3 is 2.27 bits per heavy atom. The fourth-order valence-electron chi connectivity index (χ4n) is 4.05. The molecular formula is C24H30N4O5. The Labute approximate surface area is 191 Å². The summed E-state index contributed by atoms with van der Waals surface area (Å²) in [6, 6.07) is 7.15. The van der Waals surface area contributed by atoms with Crippen molar-refractivity contribution in [1.29, 1.82) is 0 Å². The zero-order chi connectivity index (χ0) is 24.1. The highest BCUT2D eigenvalue weighted by Gasteiger charge is 2.32. The summed E-state index contributed by atoms with van der Waals surface area (Å²) >= 11 is 0. The number of ether oxygens (including phenoxy) is 2. The number of likely N-dealkylation sites (tertiary alicyclic amines) is 1. The molecule has 0 bridgehead atoms. The standard InChI is InChI=1S/C24H30N4O5/c1-23(2,3)32-21(30)26-12-11-15(13-26)27-14-17-16-9-7-8-10-18(16)28(19(17)25-20(27)29)22(31)33-24(4,5)6/h7-10,14-15H,11-13H2,1-6H3. The van der Waals surface area contributed by atoms with Crippen molar-refractivity contribution < 1.29 is 19.1 Å². The van der Waals surface area contributed by atoms with E-state index in [1.54, 1.807) is 42.5 Å². The maximum Gasteiger partial charge on any atom is 0.420 e. The molecule has 1 aromatic carbocycles. The van der Waals surface area contributed by atoms with E-state index in [1.807, 2.05) is 39.0 Å². The van der Waals surface area contributed by atoms with Crippen LogP contribution in [0, 0.1) is 0 Å². The SMILES string of the molecule is CC(C)(C)OC(=O)N1CCC(n2cc3c4ccccc4n(C(=O)OC(C)(C)C)c3nc2=O)C1. The van der Waals surface area contributed by atoms with Gasteiger partial charge in [0.25, 0.3) is 0 Å². The van der Waals surface area contributed by atoms with E-state index in [4.69, 9.17) is 9.47 Å². The smallest absolute Gasteiger partial charge is 0.420 e. The second-order valence-electron chi connectivity index (χ2n) is 10.4. The summed E-state index contributed by atoms with van der Waals surface area (Å²) in [4.78, 5) is 44.3. The summed E-state index contributed by atoms with van der Waals surface area (Å²) in [7, 11) is 0. The Balaban J connectivity index is 1.74. The van der Waals surface area contributed by atoms with Crippen LogP contribution in [0.15, 0.2) is 35.3 Å². The van der Waals surface area contributed by atoms with Gasteiger partial charge in [-0.05, 0) is 54.0 Å². The van der Waals surface area contributed by atoms with E-state index in [2.05, 4.69) is 4.98 Å². The van der Waals surface area contributed by atoms with Crippen molar-refractivity contribution >= 4 is 34.1 Å². The number of rotatable bonds is 1. The summed E-state index contributed by atoms with van der Waals surface area (Å²) in [6.07, 6.45) is 1.36. The number of fused-ring (bicyclic) bond motifs is 3. The molecule has 3 heterocycles. The molecule has 0 N–H and O–H groups in total. The van der Waals surface area contributed by atoms with Crippen molar-refractivity contribution in [2.45, 2.75) is 65.2 Å². The van der Waals surface area contributed by atoms with Crippen molar-refractivity contribution in [2.75, 3.05) is 13.1 Å². The topological polar surface area (TPSA) is 95.7 Å². The molecule has 0 radical (unpaired) electrons. The van der Waals surface area contributed by atoms with E-state index in [0.29, 0.717) is 30.4 Å². The molecule has 1 unspecified atom stereocenters. The predicted molar refractivity (Wildman–Crippen MR) is 125 cm³/mol. The number of nitrogens with zero attached hydrogens (tertiary/aromatic N) is 4. The van der Waals surface area contributed by atoms with Gasteiger partial charge in [0, 0.05) is 30.1 Å². The molecule has 176 valence electrons. The van der Waals surface area contributed by atoms with Crippen molar-refractivity contribution in [3.63, 3.8) is 0 Å². The van der Waals surface area contributed by atoms with Crippen LogP contribution in [0.2, 0.25) is 0 Å². The molecule has 9 heteroatoms. The maximum absolute atomic E-state index is 13.0. The van der Waals surface area contributed by atoms with E-state index in [1.165, 1.54) is 4.57 Å². The monoisotopic (exact) mass is 454 g/mol. The van der Waals surface area contributed by atoms with Crippen LogP contribution in [0.4, 0.5) is 9.59 Å². The fourth-order valence-corrected chi connectivity index (χ4v) is 4.05. The van der Waals surface area contributed by atoms with Gasteiger partial charge in [0.15, 0.2) is 5.65 Å². The van der Waals surface area contributed by atoms with Gasteiger partial charge >= 0.3 is 17.9 Å². The van der Waals surface area contributed by atoms with Gasteiger partial charge in [0.05, 0.1) is 11.6 Å². The first-order valence-electron chi connectivity index (χ1n) is 11.1. The van der Waals surface area contributed by atoms with Gasteiger partial charge in [-0.2, -0.15) is 4.98 Å². The molecule has 3 aromatic rings. The van der Waals surface area contributed by atoms with E-state index in [9.17, 15) is 14.4 Å². The molecule has 1 fully saturated rings. The van der Waals surface area contributed by atoms with Crippen LogP contribution >= 0.6 is 0 Å². The summed E-state index contributed by atoms with van der Waals surface area (Å²) in [5.74, 6) is 0. The lowest BCUT2D eigenvalue weighted by Crippen LogP contribution is -2.36. The summed E-state index contributed by atoms with van der Waals surface area (Å²) in [5.41, 5.74) is -0.887. The third-order valence-electron chi connectivity index (χ3n) is 5.36. The summed E-state index contributed by atoms with van der Waals surface area (Å²) < 4.78 is 13.9. The highest BCUT2D eigenvalue weighted by Crippen LogP contribution is 2.30. The van der Waals surface area contributed by atoms with E-state index < -0.39 is 29.1 Å². The van der Waals surface area contributed by atoms with Gasteiger partial charge in [-0.25, -0.2) is 19.0 Å². The molecule has 1 amide bonds. The molecule has 33 heavy (non-hydrogen) atoms. The Hall–Kier alpha value is -3.36. The Bertz CT molecular complexity index is 1290. The van der Waals surface area contributed by atoms with Gasteiger partial charge in [-0.3, -0.25) is 4.57 Å². The molecule has 1 atom stereocenters. The Morgan fingerprint density at radius 1 is 0.970 bits per heavy atom. The first kappa shape index (κ1) is 22.8. The summed E-state index contributed by atoms with van der Waals surface area (Å²) in [5, 5.41) is 1.47. The average Bonchev–Trinajstić information content (AvgIpc) is 3.27. The van der Waals surface area contributed by atoms with Crippen LogP contribution in [-0.2, 0) is 9.47 Å². The number of carbonyl (C=O) groups excluding carboxylic acids is 2. The highest BCUT2D eigenvalue weighted by molar-refractivity contribution is 6.10. The van der Waals surface area contributed by atoms with E-state index in [0.717, 1.165) is 5.39 Å². The summed E-state index contributed by atoms with van der Waals surface area (Å²) in [6.45, 7) is 11.7. The molecular weight excluding hydrogens is 424 g/mol. The normalized spacial score (nSPS) is 17.0. The van der Waals surface area contributed by atoms with Gasteiger partial charge < -0.3 is 14.4 Å². The molecule has 0 saturated carbocycles. The number of hydrogen-bond donors (Lipinski definition) is 0. The zero-order valence-electron chi connectivity index (χ0n) is 19.9. The van der Waals surface area contributed by atoms with Crippen LogP contribution < -0.4 is 5.69 Å². The molecule has 0 spiro atoms. The first-order valence-corrected chi connectivity index (χ1v) is 11.1. The molecule has 1 aliphatic heterocycles. The molecule has 1 saturated heterocycles. The van der Waals surface area contributed by atoms with Crippen LogP contribution in [0.5, 0.6) is 0 Å². The van der Waals surface area contributed by atoms with Crippen molar-refractivity contribution in [3.8, 4) is 0 Å². The number of aromatic nitrogens is 3. The van der Waals surface area contributed by atoms with Crippen LogP contribution in [0.1, 0.15) is 54.0 Å². The second-order valence-corrected chi connectivity index (χ2v) is 10.4. The van der Waals surface area contributed by atoms with Gasteiger partial charge in [0.2, 0.25) is 0 Å². The van der Waals surface area contributed by atoms with Crippen LogP contribution in [-0.4, -0.2) is 55.5 Å². The third kappa shape index (κ3) is 4.58. The molecule has 1 aliphatic rings. The number of amides is 1. The number of para-hydroxylation sites is 1. The third-order valence-corrected chi connectivity index (χ3v) is 5.36. The zero-order valence-corrected chi connectivity index (χ0v) is 19.9. The Kier molecular flexibility index (Phi) is 5.46. The van der Waals surface area contributed by atoms with Gasteiger partial charge in [-0.15, -0.1) is 0 Å². The molecule has 4 rings (SSSR count). The number of benzene rings is 1. The maximum atomic E-state index is 13.0. The largest absolute Gasteiger partial charge is 0.444 e. The minimum atomic E-state index is -0.696. The Morgan fingerprint density at radius 2 is 1.61 bits per heavy atom. The van der Waals surface area contributed by atoms with Crippen molar-refractivity contribution in [3.05, 3.63) is 40.9 Å². The minimum absolute atomic E-state index is 0.231. The van der Waals surface area contributed by atoms with E-state index >= 15 is 0 Å². The predicted octanol–water partition coefficient (Wildman–Crippen LogP) is 4.32. The number of hydrogen-bond acceptors (Lipinski definition) is 6. The van der Waals surface area contributed by atoms with Crippen LogP contribution in [0.25, 0.3) is 21.9 Å². The highest BCUT2D eigenvalue weighted by atomic mass is 16.6. The average molecular weight is 455 g/mol. The van der Waals surface area contributed by atoms with Crippen LogP contribution in [0.3, 0.4) is 0 Å². The van der Waals surface area contributed by atoms with Gasteiger partial charge in [-0.1, -0.05) is 18.2 Å².